The van der Waals surface area contributed by atoms with Gasteiger partial charge in [-0.3, -0.25) is 19.3 Å². The maximum Gasteiger partial charge on any atom is 0.277 e. The molecule has 1 heterocycles. The minimum absolute atomic E-state index is 0.134. The van der Waals surface area contributed by atoms with Gasteiger partial charge in [0.25, 0.3) is 5.91 Å². The molecule has 34 heavy (non-hydrogen) atoms. The zero-order valence-electron chi connectivity index (χ0n) is 18.5. The van der Waals surface area contributed by atoms with Gasteiger partial charge in [-0.25, -0.2) is 23.7 Å². The van der Waals surface area contributed by atoms with Crippen molar-refractivity contribution in [2.45, 2.75) is 19.9 Å². The number of aliphatic hydroxyl groups is 1. The Labute approximate surface area is 209 Å². The highest BCUT2D eigenvalue weighted by Crippen LogP contribution is 2.30. The molecule has 1 aliphatic heterocycles. The van der Waals surface area contributed by atoms with E-state index < -0.39 is 74.4 Å². The molecule has 1 aliphatic rings. The molecule has 0 aliphatic carbocycles. The number of halogens is 4. The molecule has 2 amide bonds. The second-order valence-electron chi connectivity index (χ2n) is 6.74. The third-order valence-corrected chi connectivity index (χ3v) is 6.65. The molecule has 2 rings (SSSR count). The van der Waals surface area contributed by atoms with Crippen molar-refractivity contribution in [2.24, 2.45) is 0 Å². The van der Waals surface area contributed by atoms with Crippen molar-refractivity contribution in [1.29, 1.82) is 0 Å². The first-order valence-electron chi connectivity index (χ1n) is 10.0. The number of thioether (sulfide) groups is 1. The molecule has 1 aromatic rings. The summed E-state index contributed by atoms with van der Waals surface area (Å²) >= 11 is 0.965. The van der Waals surface area contributed by atoms with E-state index in [1.165, 1.54) is 17.0 Å². The van der Waals surface area contributed by atoms with Crippen LogP contribution in [0, 0.1) is 11.6 Å². The molecule has 0 bridgehead atoms. The summed E-state index contributed by atoms with van der Waals surface area (Å²) in [6.07, 6.45) is 3.93. The third-order valence-electron chi connectivity index (χ3n) is 4.27. The lowest BCUT2D eigenvalue weighted by atomic mass is 10.1. The van der Waals surface area contributed by atoms with Crippen LogP contribution in [0.4, 0.5) is 18.9 Å². The highest BCUT2D eigenvalue weighted by atomic mass is 127. The van der Waals surface area contributed by atoms with Crippen molar-refractivity contribution < 1.29 is 37.5 Å². The highest BCUT2D eigenvalue weighted by molar-refractivity contribution is 14.2. The lowest BCUT2D eigenvalue weighted by molar-refractivity contribution is -0.188. The van der Waals surface area contributed by atoms with Gasteiger partial charge in [-0.05, 0) is 34.7 Å². The van der Waals surface area contributed by atoms with Crippen LogP contribution in [0.2, 0.25) is 0 Å². The Morgan fingerprint density at radius 1 is 1.24 bits per heavy atom. The fourth-order valence-corrected chi connectivity index (χ4v) is 4.49. The lowest BCUT2D eigenvalue weighted by Crippen LogP contribution is -2.31. The van der Waals surface area contributed by atoms with E-state index in [1.54, 1.807) is 15.8 Å². The molecule has 0 aromatic heterocycles. The van der Waals surface area contributed by atoms with Crippen molar-refractivity contribution >= 4 is 54.0 Å². The van der Waals surface area contributed by atoms with Gasteiger partial charge in [-0.15, -0.1) is 0 Å². The number of carbonyl (C=O) groups is 2. The normalized spacial score (nSPS) is 13.0. The van der Waals surface area contributed by atoms with Crippen LogP contribution >= 0.6 is 32.5 Å². The van der Waals surface area contributed by atoms with Gasteiger partial charge < -0.3 is 10.4 Å². The van der Waals surface area contributed by atoms with E-state index in [4.69, 9.17) is 14.8 Å². The number of allylic oxidation sites excluding steroid dienone is 2. The molecule has 13 heteroatoms. The molecule has 8 nitrogen and oxygen atoms in total. The van der Waals surface area contributed by atoms with Gasteiger partial charge in [-0.2, -0.15) is 11.8 Å². The van der Waals surface area contributed by atoms with Crippen LogP contribution in [0.1, 0.15) is 29.3 Å². The summed E-state index contributed by atoms with van der Waals surface area (Å²) in [5.41, 5.74) is 0.545. The van der Waals surface area contributed by atoms with Crippen LogP contribution in [-0.4, -0.2) is 57.8 Å². The van der Waals surface area contributed by atoms with Gasteiger partial charge in [0.15, 0.2) is 17.5 Å². The van der Waals surface area contributed by atoms with E-state index in [0.717, 1.165) is 16.9 Å². The quantitative estimate of drug-likeness (QED) is 0.178. The minimum Gasteiger partial charge on any atom is -0.394 e. The van der Waals surface area contributed by atoms with Gasteiger partial charge in [0.2, 0.25) is 5.91 Å². The van der Waals surface area contributed by atoms with Crippen LogP contribution in [0.5, 0.6) is 0 Å². The molecular weight excluding hydrogens is 590 g/mol. The number of carbonyl (C=O) groups excluding carboxylic acids is 2. The maximum atomic E-state index is 15.1. The summed E-state index contributed by atoms with van der Waals surface area (Å²) < 4.78 is 47.3. The van der Waals surface area contributed by atoms with Gasteiger partial charge in [-0.1, -0.05) is 20.7 Å². The second kappa shape index (κ2) is 14.5. The molecule has 0 saturated heterocycles. The Balaban J connectivity index is 2.42. The minimum atomic E-state index is -1.44. The molecule has 0 fully saturated rings. The Morgan fingerprint density at radius 3 is 2.65 bits per heavy atom. The predicted octanol–water partition coefficient (Wildman–Crippen LogP) is 3.54. The SMILES string of the molecule is CSCCCON(Cc1cc(C(=O)NOCCO)c(NC2=C(F)C=IC=C2)c(F)c1F)C(C)=O. The second-order valence-corrected chi connectivity index (χ2v) is 9.79. The van der Waals surface area contributed by atoms with Crippen molar-refractivity contribution in [3.8, 4) is 0 Å². The average Bonchev–Trinajstić information content (AvgIpc) is 2.81. The Morgan fingerprint density at radius 2 is 2.00 bits per heavy atom. The van der Waals surface area contributed by atoms with E-state index in [-0.39, 0.29) is 24.5 Å². The summed E-state index contributed by atoms with van der Waals surface area (Å²) in [4.78, 5) is 34.8. The number of rotatable bonds is 13. The number of nitrogens with zero attached hydrogens (tertiary/aromatic N) is 1. The summed E-state index contributed by atoms with van der Waals surface area (Å²) in [7, 11) is 0. The van der Waals surface area contributed by atoms with Crippen LogP contribution in [0.25, 0.3) is 0 Å². The number of amides is 2. The van der Waals surface area contributed by atoms with E-state index in [2.05, 4.69) is 5.32 Å². The smallest absolute Gasteiger partial charge is 0.277 e. The fourth-order valence-electron chi connectivity index (χ4n) is 2.66. The molecule has 0 atom stereocenters. The maximum absolute atomic E-state index is 15.1. The molecule has 0 spiro atoms. The molecule has 0 unspecified atom stereocenters. The number of aliphatic hydroxyl groups excluding tert-OH is 1. The highest BCUT2D eigenvalue weighted by Gasteiger charge is 2.26. The summed E-state index contributed by atoms with van der Waals surface area (Å²) in [6, 6.07) is 1.03. The number of hydroxylamine groups is 3. The van der Waals surface area contributed by atoms with Crippen molar-refractivity contribution in [2.75, 3.05) is 37.1 Å². The number of benzene rings is 1. The molecule has 0 saturated carbocycles. The van der Waals surface area contributed by atoms with Gasteiger partial charge in [0.1, 0.15) is 0 Å². The van der Waals surface area contributed by atoms with Crippen LogP contribution in [-0.2, 0) is 21.0 Å². The molecular formula is C21H25F3IN3O5S. The van der Waals surface area contributed by atoms with E-state index in [9.17, 15) is 18.4 Å². The Bertz CT molecular complexity index is 991. The first kappa shape index (κ1) is 28.3. The average molecular weight is 615 g/mol. The summed E-state index contributed by atoms with van der Waals surface area (Å²) in [5.74, 6) is -4.14. The van der Waals surface area contributed by atoms with Crippen molar-refractivity contribution in [3.05, 3.63) is 50.5 Å². The first-order valence-corrected chi connectivity index (χ1v) is 13.9. The largest absolute Gasteiger partial charge is 0.394 e. The van der Waals surface area contributed by atoms with E-state index in [0.29, 0.717) is 6.42 Å². The Hall–Kier alpha value is -1.94. The molecule has 1 aromatic carbocycles. The molecule has 0 radical (unpaired) electrons. The number of hydrogen-bond acceptors (Lipinski definition) is 7. The number of nitrogens with one attached hydrogen (secondary N) is 2. The zero-order chi connectivity index (χ0) is 25.1. The standard InChI is InChI=1S/C21H25F3IN3O5S/c1-13(30)28(33-7-3-9-34-2)12-14-10-15(21(31)27-32-8-6-29)20(19(24)18(14)23)26-17-4-5-25-11-16(17)22/h4-5,10-11,26,29H,3,6-9,12H2,1-2H3,(H,27,31). The van der Waals surface area contributed by atoms with E-state index >= 15 is 4.39 Å². The number of anilines is 1. The third kappa shape index (κ3) is 8.08. The van der Waals surface area contributed by atoms with Crippen LogP contribution in [0.15, 0.2) is 27.7 Å². The van der Waals surface area contributed by atoms with Crippen molar-refractivity contribution in [1.82, 2.24) is 10.5 Å². The van der Waals surface area contributed by atoms with E-state index in [1.807, 2.05) is 11.7 Å². The predicted molar refractivity (Wildman–Crippen MR) is 133 cm³/mol. The van der Waals surface area contributed by atoms with Crippen LogP contribution in [0.3, 0.4) is 0 Å². The topological polar surface area (TPSA) is 100 Å². The first-order chi connectivity index (χ1) is 16.3. The molecule has 188 valence electrons. The van der Waals surface area contributed by atoms with Crippen LogP contribution < -0.4 is 10.8 Å². The van der Waals surface area contributed by atoms with Gasteiger partial charge in [0, 0.05) is 16.5 Å². The summed E-state index contributed by atoms with van der Waals surface area (Å²) in [6.45, 7) is 0.292. The Kier molecular flexibility index (Phi) is 12.0. The lowest BCUT2D eigenvalue weighted by Gasteiger charge is -2.22. The van der Waals surface area contributed by atoms with Gasteiger partial charge in [0.05, 0.1) is 43.3 Å². The zero-order valence-corrected chi connectivity index (χ0v) is 21.5. The monoisotopic (exact) mass is 615 g/mol. The number of hydrogen-bond donors (Lipinski definition) is 3. The fraction of sp³-hybridized carbons (Fsp3) is 0.381. The molecule has 3 N–H and O–H groups in total. The van der Waals surface area contributed by atoms with Crippen molar-refractivity contribution in [3.63, 3.8) is 0 Å². The summed E-state index contributed by atoms with van der Waals surface area (Å²) in [5, 5.41) is 12.1. The van der Waals surface area contributed by atoms with Gasteiger partial charge >= 0.3 is 0 Å².